The molecule has 0 heterocycles. The van der Waals surface area contributed by atoms with Crippen LogP contribution in [0.25, 0.3) is 0 Å². The molecule has 0 spiro atoms. The van der Waals surface area contributed by atoms with E-state index in [-0.39, 0.29) is 23.6 Å². The summed E-state index contributed by atoms with van der Waals surface area (Å²) in [5.41, 5.74) is 0.653. The average molecular weight is 368 g/mol. The summed E-state index contributed by atoms with van der Waals surface area (Å²) in [5, 5.41) is 5.05. The number of thioether (sulfide) groups is 1. The van der Waals surface area contributed by atoms with Gasteiger partial charge in [0.2, 0.25) is 5.91 Å². The predicted octanol–water partition coefficient (Wildman–Crippen LogP) is 3.89. The summed E-state index contributed by atoms with van der Waals surface area (Å²) in [6, 6.07) is 1.67. The molecular formula is C18H22F2N2O2S. The molecule has 1 aromatic carbocycles. The fraction of sp³-hybridized carbons (Fsp3) is 0.444. The Hall–Kier alpha value is -1.89. The van der Waals surface area contributed by atoms with E-state index in [0.29, 0.717) is 18.4 Å². The summed E-state index contributed by atoms with van der Waals surface area (Å²) >= 11 is 1.49. The molecule has 2 N–H and O–H groups in total. The number of allylic oxidation sites excluding steroid dienone is 1. The van der Waals surface area contributed by atoms with Crippen LogP contribution in [0, 0.1) is 11.6 Å². The summed E-state index contributed by atoms with van der Waals surface area (Å²) in [7, 11) is 0. The molecule has 7 heteroatoms. The van der Waals surface area contributed by atoms with Crippen molar-refractivity contribution in [3.63, 3.8) is 0 Å². The molecule has 1 aromatic rings. The minimum Gasteiger partial charge on any atom is -0.348 e. The molecule has 136 valence electrons. The second-order valence-electron chi connectivity index (χ2n) is 5.89. The molecule has 1 aliphatic carbocycles. The Bertz CT molecular complexity index is 677. The third-order valence-electron chi connectivity index (χ3n) is 3.97. The zero-order valence-corrected chi connectivity index (χ0v) is 15.0. The molecule has 0 atom stereocenters. The van der Waals surface area contributed by atoms with Crippen molar-refractivity contribution in [3.05, 3.63) is 41.0 Å². The lowest BCUT2D eigenvalue weighted by molar-refractivity contribution is -0.115. The molecule has 0 saturated heterocycles. The lowest BCUT2D eigenvalue weighted by atomic mass is 9.99. The van der Waals surface area contributed by atoms with Crippen LogP contribution in [0.2, 0.25) is 0 Å². The Labute approximate surface area is 150 Å². The summed E-state index contributed by atoms with van der Waals surface area (Å²) in [4.78, 5) is 23.9. The van der Waals surface area contributed by atoms with Crippen LogP contribution in [0.4, 0.5) is 14.5 Å². The minimum atomic E-state index is -0.949. The van der Waals surface area contributed by atoms with Gasteiger partial charge in [0.15, 0.2) is 0 Å². The third kappa shape index (κ3) is 5.85. The van der Waals surface area contributed by atoms with E-state index in [1.165, 1.54) is 11.8 Å². The van der Waals surface area contributed by atoms with Gasteiger partial charge in [0, 0.05) is 24.8 Å². The number of benzene rings is 1. The van der Waals surface area contributed by atoms with Crippen LogP contribution in [-0.4, -0.2) is 30.4 Å². The Morgan fingerprint density at radius 1 is 1.20 bits per heavy atom. The first kappa shape index (κ1) is 19.4. The van der Waals surface area contributed by atoms with Crippen LogP contribution in [0.1, 0.15) is 42.5 Å². The number of nitrogens with one attached hydrogen (secondary N) is 2. The second-order valence-corrected chi connectivity index (χ2v) is 6.88. The van der Waals surface area contributed by atoms with E-state index in [4.69, 9.17) is 0 Å². The number of amides is 2. The zero-order valence-electron chi connectivity index (χ0n) is 14.2. The number of hydrogen-bond donors (Lipinski definition) is 2. The molecule has 2 amide bonds. The van der Waals surface area contributed by atoms with E-state index in [1.807, 2.05) is 6.26 Å². The standard InChI is InChI=1S/C18H22F2N2O2S/c1-25-8-7-17(23)22-16-9-13(14(19)10-15(16)20)18(24)21-11-12-5-3-2-4-6-12/h5,9-10H,2-4,6-8,11H2,1H3,(H,21,24)(H,22,23). The highest BCUT2D eigenvalue weighted by Crippen LogP contribution is 2.21. The van der Waals surface area contributed by atoms with Crippen molar-refractivity contribution in [2.24, 2.45) is 0 Å². The molecule has 0 aromatic heterocycles. The van der Waals surface area contributed by atoms with Crippen molar-refractivity contribution in [2.75, 3.05) is 23.9 Å². The lowest BCUT2D eigenvalue weighted by Gasteiger charge is -2.14. The first-order valence-corrected chi connectivity index (χ1v) is 9.64. The first-order chi connectivity index (χ1) is 12.0. The molecule has 0 radical (unpaired) electrons. The van der Waals surface area contributed by atoms with Crippen molar-refractivity contribution in [1.29, 1.82) is 0 Å². The van der Waals surface area contributed by atoms with E-state index in [0.717, 1.165) is 37.3 Å². The van der Waals surface area contributed by atoms with Gasteiger partial charge in [0.05, 0.1) is 11.3 Å². The van der Waals surface area contributed by atoms with Crippen molar-refractivity contribution < 1.29 is 18.4 Å². The maximum atomic E-state index is 14.0. The quantitative estimate of drug-likeness (QED) is 0.718. The Morgan fingerprint density at radius 2 is 2.00 bits per heavy atom. The number of carbonyl (C=O) groups is 2. The highest BCUT2D eigenvalue weighted by molar-refractivity contribution is 7.98. The van der Waals surface area contributed by atoms with Crippen LogP contribution in [0.5, 0.6) is 0 Å². The molecule has 0 unspecified atom stereocenters. The summed E-state index contributed by atoms with van der Waals surface area (Å²) in [6.45, 7) is 0.352. The number of halogens is 2. The van der Waals surface area contributed by atoms with Crippen molar-refractivity contribution in [2.45, 2.75) is 32.1 Å². The third-order valence-corrected chi connectivity index (χ3v) is 4.58. The molecule has 0 aliphatic heterocycles. The van der Waals surface area contributed by atoms with Crippen molar-refractivity contribution in [3.8, 4) is 0 Å². The van der Waals surface area contributed by atoms with E-state index < -0.39 is 17.5 Å². The normalized spacial score (nSPS) is 14.0. The molecule has 1 aliphatic rings. The molecule has 0 fully saturated rings. The molecule has 4 nitrogen and oxygen atoms in total. The monoisotopic (exact) mass is 368 g/mol. The summed E-state index contributed by atoms with van der Waals surface area (Å²) in [6.07, 6.45) is 8.29. The number of hydrogen-bond acceptors (Lipinski definition) is 3. The van der Waals surface area contributed by atoms with Crippen LogP contribution >= 0.6 is 11.8 Å². The largest absolute Gasteiger partial charge is 0.348 e. The van der Waals surface area contributed by atoms with Gasteiger partial charge in [-0.3, -0.25) is 9.59 Å². The fourth-order valence-electron chi connectivity index (χ4n) is 2.58. The number of rotatable bonds is 7. The van der Waals surface area contributed by atoms with Gasteiger partial charge in [-0.15, -0.1) is 0 Å². The van der Waals surface area contributed by atoms with Crippen molar-refractivity contribution in [1.82, 2.24) is 5.32 Å². The van der Waals surface area contributed by atoms with Gasteiger partial charge in [0.25, 0.3) is 5.91 Å². The average Bonchev–Trinajstić information content (AvgIpc) is 2.61. The minimum absolute atomic E-state index is 0.186. The predicted molar refractivity (Wildman–Crippen MR) is 96.9 cm³/mol. The zero-order chi connectivity index (χ0) is 18.2. The van der Waals surface area contributed by atoms with Crippen molar-refractivity contribution >= 4 is 29.3 Å². The Morgan fingerprint density at radius 3 is 2.68 bits per heavy atom. The summed E-state index contributed by atoms with van der Waals surface area (Å²) < 4.78 is 27.8. The molecule has 0 bridgehead atoms. The molecule has 0 saturated carbocycles. The van der Waals surface area contributed by atoms with Gasteiger partial charge < -0.3 is 10.6 Å². The SMILES string of the molecule is CSCCC(=O)Nc1cc(C(=O)NCC2=CCCCC2)c(F)cc1F. The number of anilines is 1. The topological polar surface area (TPSA) is 58.2 Å². The first-order valence-electron chi connectivity index (χ1n) is 8.25. The highest BCUT2D eigenvalue weighted by atomic mass is 32.2. The lowest BCUT2D eigenvalue weighted by Crippen LogP contribution is -2.27. The molecule has 25 heavy (non-hydrogen) atoms. The van der Waals surface area contributed by atoms with Gasteiger partial charge >= 0.3 is 0 Å². The maximum Gasteiger partial charge on any atom is 0.254 e. The Kier molecular flexibility index (Phi) is 7.43. The van der Waals surface area contributed by atoms with E-state index in [9.17, 15) is 18.4 Å². The van der Waals surface area contributed by atoms with Crippen LogP contribution < -0.4 is 10.6 Å². The van der Waals surface area contributed by atoms with Crippen LogP contribution in [0.15, 0.2) is 23.8 Å². The van der Waals surface area contributed by atoms with Gasteiger partial charge in [0.1, 0.15) is 11.6 Å². The fourth-order valence-corrected chi connectivity index (χ4v) is 2.97. The van der Waals surface area contributed by atoms with Gasteiger partial charge in [-0.1, -0.05) is 11.6 Å². The van der Waals surface area contributed by atoms with E-state index in [1.54, 1.807) is 0 Å². The van der Waals surface area contributed by atoms with Crippen LogP contribution in [-0.2, 0) is 4.79 Å². The molecular weight excluding hydrogens is 346 g/mol. The maximum absolute atomic E-state index is 14.0. The summed E-state index contributed by atoms with van der Waals surface area (Å²) in [5.74, 6) is -2.25. The van der Waals surface area contributed by atoms with Gasteiger partial charge in [-0.05, 0) is 38.0 Å². The van der Waals surface area contributed by atoms with Gasteiger partial charge in [-0.25, -0.2) is 8.78 Å². The molecule has 2 rings (SSSR count). The highest BCUT2D eigenvalue weighted by Gasteiger charge is 2.17. The smallest absolute Gasteiger partial charge is 0.254 e. The van der Waals surface area contributed by atoms with Gasteiger partial charge in [-0.2, -0.15) is 11.8 Å². The second kappa shape index (κ2) is 9.56. The Balaban J connectivity index is 2.05. The van der Waals surface area contributed by atoms with E-state index in [2.05, 4.69) is 16.7 Å². The number of carbonyl (C=O) groups excluding carboxylic acids is 2. The van der Waals surface area contributed by atoms with E-state index >= 15 is 0 Å². The van der Waals surface area contributed by atoms with Crippen LogP contribution in [0.3, 0.4) is 0 Å².